The highest BCUT2D eigenvalue weighted by Crippen LogP contribution is 2.41. The normalized spacial score (nSPS) is 13.6. The van der Waals surface area contributed by atoms with Crippen LogP contribution in [0.4, 0.5) is 26.3 Å². The summed E-state index contributed by atoms with van der Waals surface area (Å²) in [5.74, 6) is -12.7. The molecule has 4 amide bonds. The van der Waals surface area contributed by atoms with Crippen molar-refractivity contribution in [3.8, 4) is 22.5 Å². The average Bonchev–Trinajstić information content (AvgIpc) is 3.14. The number of aliphatic carboxylic acids is 1. The first-order valence-corrected chi connectivity index (χ1v) is 16.3. The highest BCUT2D eigenvalue weighted by Gasteiger charge is 2.45. The minimum atomic E-state index is -5.09. The van der Waals surface area contributed by atoms with Gasteiger partial charge in [0.1, 0.15) is 42.0 Å². The van der Waals surface area contributed by atoms with Gasteiger partial charge in [-0.3, -0.25) is 38.4 Å². The molecule has 0 saturated carbocycles. The number of halogens is 6. The summed E-state index contributed by atoms with van der Waals surface area (Å²) >= 11 is 0. The van der Waals surface area contributed by atoms with Crippen molar-refractivity contribution in [2.45, 2.75) is 44.6 Å². The Bertz CT molecular complexity index is 2260. The van der Waals surface area contributed by atoms with E-state index in [1.54, 1.807) is 0 Å². The second kappa shape index (κ2) is 17.2. The summed E-state index contributed by atoms with van der Waals surface area (Å²) in [5, 5.41) is 16.7. The Labute approximate surface area is 310 Å². The zero-order chi connectivity index (χ0) is 41.6. The quantitative estimate of drug-likeness (QED) is 0.0673. The summed E-state index contributed by atoms with van der Waals surface area (Å²) in [4.78, 5) is 98.1. The lowest BCUT2D eigenvalue weighted by Gasteiger charge is -2.27. The van der Waals surface area contributed by atoms with Gasteiger partial charge in [-0.1, -0.05) is 13.0 Å². The molecule has 0 bridgehead atoms. The van der Waals surface area contributed by atoms with Crippen molar-refractivity contribution in [2.75, 3.05) is 13.2 Å². The summed E-state index contributed by atoms with van der Waals surface area (Å²) in [6, 6.07) is 2.53. The summed E-state index contributed by atoms with van der Waals surface area (Å²) in [5.41, 5.74) is -1.32. The number of rotatable bonds is 15. The van der Waals surface area contributed by atoms with Crippen LogP contribution in [-0.2, 0) is 24.0 Å². The first-order chi connectivity index (χ1) is 26.2. The minimum absolute atomic E-state index is 0.0202. The van der Waals surface area contributed by atoms with E-state index in [9.17, 15) is 64.7 Å². The van der Waals surface area contributed by atoms with Crippen molar-refractivity contribution in [1.82, 2.24) is 21.3 Å². The molecule has 0 fully saturated rings. The molecule has 1 aliphatic carbocycles. The number of alkyl halides is 4. The molecule has 0 radical (unpaired) electrons. The number of Topliss-reactive ketones (excluding diaryl/α,β-unsaturated/α-hetero) is 1. The predicted octanol–water partition coefficient (Wildman–Crippen LogP) is 3.07. The topological polar surface area (TPSA) is 218 Å². The molecule has 0 spiro atoms. The van der Waals surface area contributed by atoms with E-state index in [1.807, 2.05) is 16.0 Å². The van der Waals surface area contributed by atoms with Crippen molar-refractivity contribution in [3.63, 3.8) is 0 Å². The van der Waals surface area contributed by atoms with Crippen LogP contribution < -0.4 is 26.7 Å². The molecule has 1 aliphatic heterocycles. The number of nitrogens with one attached hydrogen (secondary N) is 4. The fourth-order valence-electron chi connectivity index (χ4n) is 5.46. The minimum Gasteiger partial charge on any atom is -0.481 e. The second-order valence-corrected chi connectivity index (χ2v) is 12.4. The Morgan fingerprint density at radius 3 is 2.21 bits per heavy atom. The zero-order valence-electron chi connectivity index (χ0n) is 29.0. The van der Waals surface area contributed by atoms with Crippen molar-refractivity contribution in [2.24, 2.45) is 5.92 Å². The second-order valence-electron chi connectivity index (χ2n) is 12.4. The molecule has 14 nitrogen and oxygen atoms in total. The van der Waals surface area contributed by atoms with Gasteiger partial charge < -0.3 is 30.8 Å². The Kier molecular flexibility index (Phi) is 13.0. The molecule has 2 aromatic carbocycles. The number of carboxylic acid groups (broad SMARTS) is 1. The molecule has 4 atom stereocenters. The number of fused-ring (bicyclic) bond motifs is 2. The number of ketones is 1. The number of carbonyl (C=O) groups excluding carboxylic acids is 6. The average molecular weight is 793 g/mol. The molecule has 20 heteroatoms. The van der Waals surface area contributed by atoms with Crippen molar-refractivity contribution >= 4 is 52.6 Å². The number of benzene rings is 3. The molecule has 0 saturated heterocycles. The van der Waals surface area contributed by atoms with E-state index in [1.165, 1.54) is 12.1 Å². The fourth-order valence-corrected chi connectivity index (χ4v) is 5.46. The molecule has 4 unspecified atom stereocenters. The van der Waals surface area contributed by atoms with Crippen LogP contribution in [0.25, 0.3) is 33.4 Å². The summed E-state index contributed by atoms with van der Waals surface area (Å²) in [6.07, 6.45) is -5.81. The smallest absolute Gasteiger partial charge is 0.394 e. The van der Waals surface area contributed by atoms with E-state index in [0.717, 1.165) is 43.3 Å². The maximum atomic E-state index is 14.4. The van der Waals surface area contributed by atoms with Crippen LogP contribution in [0.2, 0.25) is 0 Å². The van der Waals surface area contributed by atoms with Gasteiger partial charge in [-0.2, -0.15) is 13.2 Å². The fraction of sp³-hybridized carbons (Fsp3) is 0.278. The maximum Gasteiger partial charge on any atom is 0.394 e. The summed E-state index contributed by atoms with van der Waals surface area (Å²) < 4.78 is 88.5. The molecule has 0 aromatic heterocycles. The van der Waals surface area contributed by atoms with Crippen molar-refractivity contribution in [1.29, 1.82) is 0 Å². The Hall–Kier alpha value is -6.60. The Morgan fingerprint density at radius 1 is 0.893 bits per heavy atom. The van der Waals surface area contributed by atoms with Crippen LogP contribution in [-0.4, -0.2) is 84.3 Å². The summed E-state index contributed by atoms with van der Waals surface area (Å²) in [7, 11) is 0. The van der Waals surface area contributed by atoms with E-state index in [2.05, 4.69) is 5.32 Å². The van der Waals surface area contributed by atoms with Crippen LogP contribution >= 0.6 is 0 Å². The van der Waals surface area contributed by atoms with Crippen LogP contribution in [0.5, 0.6) is 0 Å². The number of hydrogen-bond acceptors (Lipinski definition) is 9. The highest BCUT2D eigenvalue weighted by atomic mass is 19.4. The molecular weight excluding hydrogens is 762 g/mol. The predicted molar refractivity (Wildman–Crippen MR) is 182 cm³/mol. The highest BCUT2D eigenvalue weighted by molar-refractivity contribution is 6.07. The number of hydrogen-bond donors (Lipinski definition) is 5. The molecule has 1 heterocycles. The Balaban J connectivity index is 1.53. The van der Waals surface area contributed by atoms with Gasteiger partial charge in [-0.15, -0.1) is 0 Å². The monoisotopic (exact) mass is 792 g/mol. The molecular formula is C36H30F6N4O10. The third-order valence-electron chi connectivity index (χ3n) is 8.44. The largest absolute Gasteiger partial charge is 0.481 e. The van der Waals surface area contributed by atoms with Crippen LogP contribution in [0.1, 0.15) is 41.0 Å². The lowest BCUT2D eigenvalue weighted by atomic mass is 9.90. The standard InChI is InChI=1S/C36H30F6N4O10/c1-15(36(40,41)42)32(35(55)44-16(2)33(53)45-24(10-30(51)52)26(49)12-37)46-29(50)13-43-34(54)17-3-5-20(18(7-17)14-47)31-21-8-19(38)4-6-27(21)56-28-11-25(48)23(39)9-22(28)31/h3-9,11,14-16,24,32H,10,12-13H2,1-2H3,(H,43,54)(H,44,55)(H,45,53)(H,46,50)(H,51,52). The first-order valence-electron chi connectivity index (χ1n) is 16.3. The number of carbonyl (C=O) groups is 7. The lowest BCUT2D eigenvalue weighted by molar-refractivity contribution is -0.181. The van der Waals surface area contributed by atoms with E-state index >= 15 is 0 Å². The van der Waals surface area contributed by atoms with E-state index in [-0.39, 0.29) is 44.5 Å². The van der Waals surface area contributed by atoms with Gasteiger partial charge in [0.2, 0.25) is 23.2 Å². The van der Waals surface area contributed by atoms with Crippen molar-refractivity contribution < 1.29 is 69.4 Å². The van der Waals surface area contributed by atoms with Gasteiger partial charge >= 0.3 is 12.1 Å². The van der Waals surface area contributed by atoms with Gasteiger partial charge in [0.25, 0.3) is 5.91 Å². The molecule has 2 aliphatic rings. The maximum absolute atomic E-state index is 14.4. The van der Waals surface area contributed by atoms with Gasteiger partial charge in [0, 0.05) is 33.7 Å². The molecule has 2 aromatic rings. The molecule has 296 valence electrons. The molecule has 4 rings (SSSR count). The SMILES string of the molecule is CC(NC(=O)C(NC(=O)CNC(=O)c1ccc(-c2c3cc(F)c(=O)cc-3oc3ccc(F)cc23)c(C=O)c1)C(C)C(F)(F)F)C(=O)NC(CC(=O)O)C(=O)CF. The number of carboxylic acids is 1. The number of aldehydes is 1. The van der Waals surface area contributed by atoms with E-state index in [4.69, 9.17) is 9.52 Å². The molecule has 5 N–H and O–H groups in total. The van der Waals surface area contributed by atoms with Gasteiger partial charge in [-0.25, -0.2) is 13.2 Å². The Morgan fingerprint density at radius 2 is 1.59 bits per heavy atom. The van der Waals surface area contributed by atoms with Crippen LogP contribution in [0.15, 0.2) is 57.7 Å². The van der Waals surface area contributed by atoms with E-state index < -0.39 is 102 Å². The van der Waals surface area contributed by atoms with Crippen LogP contribution in [0.3, 0.4) is 0 Å². The third kappa shape index (κ3) is 9.73. The van der Waals surface area contributed by atoms with Crippen molar-refractivity contribution in [3.05, 3.63) is 81.5 Å². The lowest BCUT2D eigenvalue weighted by Crippen LogP contribution is -2.59. The molecule has 56 heavy (non-hydrogen) atoms. The third-order valence-corrected chi connectivity index (χ3v) is 8.44. The van der Waals surface area contributed by atoms with Gasteiger partial charge in [-0.05, 0) is 48.9 Å². The number of amides is 4. The zero-order valence-corrected chi connectivity index (χ0v) is 29.0. The van der Waals surface area contributed by atoms with Gasteiger partial charge in [0.15, 0.2) is 17.9 Å². The van der Waals surface area contributed by atoms with E-state index in [0.29, 0.717) is 13.2 Å². The summed E-state index contributed by atoms with van der Waals surface area (Å²) in [6.45, 7) is -1.17. The van der Waals surface area contributed by atoms with Gasteiger partial charge in [0.05, 0.1) is 18.9 Å². The first kappa shape index (κ1) is 42.1. The van der Waals surface area contributed by atoms with Crippen LogP contribution in [0, 0.1) is 17.6 Å².